The van der Waals surface area contributed by atoms with Crippen LogP contribution in [0.15, 0.2) is 17.1 Å². The van der Waals surface area contributed by atoms with Gasteiger partial charge in [-0.1, -0.05) is 11.8 Å². The summed E-state index contributed by atoms with van der Waals surface area (Å²) in [5.74, 6) is -0.929. The van der Waals surface area contributed by atoms with Crippen LogP contribution < -0.4 is 0 Å². The van der Waals surface area contributed by atoms with Gasteiger partial charge in [0.1, 0.15) is 5.70 Å². The molecule has 3 aliphatic heterocycles. The molecule has 1 aromatic rings. The number of thioether (sulfide) groups is 1. The van der Waals surface area contributed by atoms with Crippen LogP contribution in [0, 0.1) is 5.92 Å². The van der Waals surface area contributed by atoms with Crippen molar-refractivity contribution in [2.45, 2.75) is 43.6 Å². The molecular formula is C15H17N3O4S. The van der Waals surface area contributed by atoms with Crippen molar-refractivity contribution in [1.29, 1.82) is 0 Å². The summed E-state index contributed by atoms with van der Waals surface area (Å²) in [5, 5.41) is 20.2. The minimum atomic E-state index is -1.11. The number of β-lactam (4-membered cyclic amide) rings is 1. The second-order valence-corrected chi connectivity index (χ2v) is 7.24. The number of aliphatic carboxylic acids is 1. The van der Waals surface area contributed by atoms with Gasteiger partial charge < -0.3 is 19.7 Å². The third-order valence-electron chi connectivity index (χ3n) is 4.75. The third-order valence-corrected chi connectivity index (χ3v) is 5.83. The number of carbonyl (C=O) groups is 2. The Hall–Kier alpha value is -1.80. The van der Waals surface area contributed by atoms with Crippen molar-refractivity contribution in [3.63, 3.8) is 0 Å². The number of aliphatic hydroxyl groups excluding tert-OH is 1. The van der Waals surface area contributed by atoms with Crippen molar-refractivity contribution in [2.75, 3.05) is 5.75 Å². The van der Waals surface area contributed by atoms with Gasteiger partial charge in [-0.2, -0.15) is 0 Å². The van der Waals surface area contributed by atoms with Gasteiger partial charge >= 0.3 is 5.97 Å². The van der Waals surface area contributed by atoms with E-state index in [0.29, 0.717) is 17.7 Å². The second-order valence-electron chi connectivity index (χ2n) is 6.18. The Morgan fingerprint density at radius 2 is 2.30 bits per heavy atom. The van der Waals surface area contributed by atoms with E-state index in [0.717, 1.165) is 23.9 Å². The van der Waals surface area contributed by atoms with Crippen LogP contribution in [0.25, 0.3) is 5.57 Å². The summed E-state index contributed by atoms with van der Waals surface area (Å²) >= 11 is 1.66. The number of hydrogen-bond donors (Lipinski definition) is 2. The molecule has 23 heavy (non-hydrogen) atoms. The first-order valence-electron chi connectivity index (χ1n) is 7.67. The number of hydrogen-bond acceptors (Lipinski definition) is 5. The lowest BCUT2D eigenvalue weighted by Gasteiger charge is -2.44. The summed E-state index contributed by atoms with van der Waals surface area (Å²) in [6.07, 6.45) is 2.61. The molecule has 3 aliphatic rings. The van der Waals surface area contributed by atoms with Gasteiger partial charge in [0, 0.05) is 24.1 Å². The molecule has 0 aliphatic carbocycles. The number of carboxylic acid groups (broad SMARTS) is 1. The largest absolute Gasteiger partial charge is 0.477 e. The van der Waals surface area contributed by atoms with Gasteiger partial charge in [-0.05, 0) is 19.8 Å². The molecule has 1 saturated heterocycles. The first kappa shape index (κ1) is 14.8. The second kappa shape index (κ2) is 5.10. The van der Waals surface area contributed by atoms with E-state index in [1.165, 1.54) is 4.90 Å². The summed E-state index contributed by atoms with van der Waals surface area (Å²) in [4.78, 5) is 29.8. The number of fused-ring (bicyclic) bond motifs is 2. The molecule has 4 rings (SSSR count). The quantitative estimate of drug-likeness (QED) is 0.793. The molecule has 1 amide bonds. The summed E-state index contributed by atoms with van der Waals surface area (Å²) in [5.41, 5.74) is 1.26. The first-order valence-corrected chi connectivity index (χ1v) is 8.65. The molecule has 0 saturated carbocycles. The van der Waals surface area contributed by atoms with E-state index in [1.807, 2.05) is 10.8 Å². The Morgan fingerprint density at radius 1 is 1.52 bits per heavy atom. The van der Waals surface area contributed by atoms with E-state index >= 15 is 0 Å². The molecule has 0 radical (unpaired) electrons. The van der Waals surface area contributed by atoms with Gasteiger partial charge in [0.15, 0.2) is 5.16 Å². The topological polar surface area (TPSA) is 95.7 Å². The van der Waals surface area contributed by atoms with Crippen molar-refractivity contribution in [3.05, 3.63) is 17.6 Å². The Balaban J connectivity index is 1.74. The fourth-order valence-corrected chi connectivity index (χ4v) is 4.65. The zero-order valence-electron chi connectivity index (χ0n) is 12.6. The number of nitrogens with zero attached hydrogens (tertiary/aromatic N) is 3. The van der Waals surface area contributed by atoms with Crippen LogP contribution in [-0.2, 0) is 16.1 Å². The molecule has 0 bridgehead atoms. The third kappa shape index (κ3) is 2.05. The number of rotatable bonds is 3. The lowest BCUT2D eigenvalue weighted by atomic mass is 9.83. The highest BCUT2D eigenvalue weighted by Crippen LogP contribution is 2.47. The van der Waals surface area contributed by atoms with E-state index in [1.54, 1.807) is 18.7 Å². The number of carbonyl (C=O) groups excluding carboxylic acids is 1. The number of aromatic nitrogens is 2. The molecule has 8 heteroatoms. The Bertz CT molecular complexity index is 716. The normalized spacial score (nSPS) is 27.6. The number of aliphatic hydroxyl groups is 1. The van der Waals surface area contributed by atoms with Crippen molar-refractivity contribution in [1.82, 2.24) is 14.5 Å². The van der Waals surface area contributed by atoms with Gasteiger partial charge in [-0.25, -0.2) is 9.78 Å². The molecule has 3 atom stereocenters. The average Bonchev–Trinajstić information content (AvgIpc) is 3.05. The van der Waals surface area contributed by atoms with Crippen LogP contribution in [0.4, 0.5) is 0 Å². The highest BCUT2D eigenvalue weighted by Gasteiger charge is 2.57. The fourth-order valence-electron chi connectivity index (χ4n) is 3.72. The molecule has 1 aromatic heterocycles. The maximum absolute atomic E-state index is 12.2. The van der Waals surface area contributed by atoms with Gasteiger partial charge in [0.05, 0.1) is 23.8 Å². The zero-order chi connectivity index (χ0) is 16.3. The van der Waals surface area contributed by atoms with Crippen LogP contribution in [0.2, 0.25) is 0 Å². The van der Waals surface area contributed by atoms with E-state index in [-0.39, 0.29) is 17.6 Å². The lowest BCUT2D eigenvalue weighted by molar-refractivity contribution is -0.161. The van der Waals surface area contributed by atoms with Crippen molar-refractivity contribution in [2.24, 2.45) is 5.92 Å². The smallest absolute Gasteiger partial charge is 0.352 e. The van der Waals surface area contributed by atoms with Crippen LogP contribution >= 0.6 is 11.8 Å². The van der Waals surface area contributed by atoms with E-state index in [2.05, 4.69) is 4.98 Å². The predicted octanol–water partition coefficient (Wildman–Crippen LogP) is 0.786. The first-order chi connectivity index (χ1) is 11.0. The summed E-state index contributed by atoms with van der Waals surface area (Å²) in [7, 11) is 0. The number of imidazole rings is 1. The van der Waals surface area contributed by atoms with Crippen LogP contribution in [-0.4, -0.2) is 54.4 Å². The fraction of sp³-hybridized carbons (Fsp3) is 0.533. The molecule has 7 nitrogen and oxygen atoms in total. The van der Waals surface area contributed by atoms with Gasteiger partial charge in [-0.15, -0.1) is 0 Å². The van der Waals surface area contributed by atoms with Gasteiger partial charge in [-0.3, -0.25) is 4.79 Å². The minimum absolute atomic E-state index is 0.0253. The molecular weight excluding hydrogens is 318 g/mol. The monoisotopic (exact) mass is 335 g/mol. The minimum Gasteiger partial charge on any atom is -0.477 e. The van der Waals surface area contributed by atoms with Crippen LogP contribution in [0.3, 0.4) is 0 Å². The maximum Gasteiger partial charge on any atom is 0.352 e. The molecule has 4 heterocycles. The maximum atomic E-state index is 12.2. The van der Waals surface area contributed by atoms with E-state index < -0.39 is 18.0 Å². The van der Waals surface area contributed by atoms with Crippen molar-refractivity contribution in [3.8, 4) is 0 Å². The SMILES string of the molecule is C[C@@H](O)[C@H]1C(=O)N2C(C(=O)O)=C(c3cn4c(n3)SCCC4)CC12. The molecule has 0 aromatic carbocycles. The van der Waals surface area contributed by atoms with E-state index in [4.69, 9.17) is 0 Å². The Labute approximate surface area is 137 Å². The summed E-state index contributed by atoms with van der Waals surface area (Å²) in [6, 6.07) is -0.269. The average molecular weight is 335 g/mol. The standard InChI is InChI=1S/C15H17N3O4S/c1-7(19)11-10-5-8(12(14(21)22)18(10)13(11)20)9-6-17-3-2-4-23-15(17)16-9/h6-7,10-11,19H,2-5H2,1H3,(H,21,22)/t7-,10?,11-/m1/s1. The van der Waals surface area contributed by atoms with Gasteiger partial charge in [0.25, 0.3) is 0 Å². The molecule has 122 valence electrons. The van der Waals surface area contributed by atoms with Crippen molar-refractivity contribution >= 4 is 29.2 Å². The number of carboxylic acids is 1. The lowest BCUT2D eigenvalue weighted by Crippen LogP contribution is -2.61. The van der Waals surface area contributed by atoms with Crippen LogP contribution in [0.1, 0.15) is 25.5 Å². The van der Waals surface area contributed by atoms with Crippen LogP contribution in [0.5, 0.6) is 0 Å². The van der Waals surface area contributed by atoms with Gasteiger partial charge in [0.2, 0.25) is 5.91 Å². The predicted molar refractivity (Wildman–Crippen MR) is 82.5 cm³/mol. The van der Waals surface area contributed by atoms with Crippen molar-refractivity contribution < 1.29 is 19.8 Å². The Kier molecular flexibility index (Phi) is 3.28. The zero-order valence-corrected chi connectivity index (χ0v) is 13.4. The molecule has 0 spiro atoms. The Morgan fingerprint density at radius 3 is 2.96 bits per heavy atom. The highest BCUT2D eigenvalue weighted by atomic mass is 32.2. The molecule has 1 unspecified atom stereocenters. The number of aryl methyl sites for hydroxylation is 1. The summed E-state index contributed by atoms with van der Waals surface area (Å²) < 4.78 is 2.04. The number of amides is 1. The molecule has 2 N–H and O–H groups in total. The highest BCUT2D eigenvalue weighted by molar-refractivity contribution is 7.99. The molecule has 1 fully saturated rings. The van der Waals surface area contributed by atoms with E-state index in [9.17, 15) is 19.8 Å². The summed E-state index contributed by atoms with van der Waals surface area (Å²) in [6.45, 7) is 2.46.